The van der Waals surface area contributed by atoms with E-state index in [4.69, 9.17) is 0 Å². The van der Waals surface area contributed by atoms with Gasteiger partial charge in [0.25, 0.3) is 11.8 Å². The Morgan fingerprint density at radius 2 is 1.63 bits per heavy atom. The first kappa shape index (κ1) is 29.8. The fourth-order valence-electron chi connectivity index (χ4n) is 4.55. The molecule has 216 valence electrons. The van der Waals surface area contributed by atoms with Crippen LogP contribution in [0.2, 0.25) is 0 Å². The molecule has 3 aromatic carbocycles. The van der Waals surface area contributed by atoms with E-state index in [-0.39, 0.29) is 11.8 Å². The molecule has 0 saturated carbocycles. The van der Waals surface area contributed by atoms with E-state index in [1.165, 1.54) is 10.6 Å². The molecule has 41 heavy (non-hydrogen) atoms. The minimum absolute atomic E-state index is 0.186. The van der Waals surface area contributed by atoms with Crippen molar-refractivity contribution in [3.8, 4) is 0 Å². The lowest BCUT2D eigenvalue weighted by molar-refractivity contribution is -0.110. The van der Waals surface area contributed by atoms with Gasteiger partial charge in [-0.2, -0.15) is 0 Å². The van der Waals surface area contributed by atoms with Crippen LogP contribution in [0.25, 0.3) is 11.3 Å². The monoisotopic (exact) mass is 575 g/mol. The first-order chi connectivity index (χ1) is 19.6. The van der Waals surface area contributed by atoms with E-state index in [9.17, 15) is 18.0 Å². The topological polar surface area (TPSA) is 111 Å². The second kappa shape index (κ2) is 13.0. The van der Waals surface area contributed by atoms with Crippen LogP contribution in [0.4, 0.5) is 17.1 Å². The number of likely N-dealkylation sites (N-methyl/N-ethyl adjacent to an activating group) is 1. The molecule has 0 atom stereocenters. The molecule has 2 amide bonds. The standard InChI is InChI=1S/C31H37N5O4S/c1-5-6-18-32-30(37)23-12-17-27-26(21-23)28(31(38)34-27)29(22-10-8-7-9-11-22)33-24-13-15-25(16-14-24)36(41(4,39)40)20-19-35(2)3/h7-17,21,33H,5-6,18-20H2,1-4H3,(H,32,37)(H,34,38). The summed E-state index contributed by atoms with van der Waals surface area (Å²) in [5.74, 6) is -0.465. The first-order valence-corrected chi connectivity index (χ1v) is 15.5. The maximum absolute atomic E-state index is 13.3. The van der Waals surface area contributed by atoms with Gasteiger partial charge in [0.15, 0.2) is 0 Å². The Kier molecular flexibility index (Phi) is 9.46. The van der Waals surface area contributed by atoms with Crippen LogP contribution in [-0.4, -0.2) is 65.1 Å². The summed E-state index contributed by atoms with van der Waals surface area (Å²) in [6.45, 7) is 3.55. The molecule has 1 heterocycles. The zero-order valence-electron chi connectivity index (χ0n) is 23.9. The summed E-state index contributed by atoms with van der Waals surface area (Å²) in [4.78, 5) is 28.0. The van der Waals surface area contributed by atoms with Crippen molar-refractivity contribution in [3.05, 3.63) is 89.5 Å². The quantitative estimate of drug-likeness (QED) is 0.217. The van der Waals surface area contributed by atoms with Crippen molar-refractivity contribution in [2.45, 2.75) is 19.8 Å². The van der Waals surface area contributed by atoms with Gasteiger partial charge in [0.2, 0.25) is 10.0 Å². The average molecular weight is 576 g/mol. The number of amides is 2. The molecular weight excluding hydrogens is 538 g/mol. The number of sulfonamides is 1. The Hall–Kier alpha value is -4.15. The summed E-state index contributed by atoms with van der Waals surface area (Å²) in [7, 11) is 0.314. The molecule has 10 heteroatoms. The molecule has 0 spiro atoms. The second-order valence-corrected chi connectivity index (χ2v) is 12.2. The van der Waals surface area contributed by atoms with Crippen LogP contribution < -0.4 is 20.3 Å². The fourth-order valence-corrected chi connectivity index (χ4v) is 5.47. The zero-order valence-corrected chi connectivity index (χ0v) is 24.7. The molecule has 4 rings (SSSR count). The lowest BCUT2D eigenvalue weighted by atomic mass is 9.98. The van der Waals surface area contributed by atoms with E-state index in [2.05, 4.69) is 22.9 Å². The SMILES string of the molecule is CCCCNC(=O)c1ccc2c(c1)C(=C(Nc1ccc(N(CCN(C)C)S(C)(=O)=O)cc1)c1ccccc1)C(=O)N2. The highest BCUT2D eigenvalue weighted by Crippen LogP contribution is 2.38. The predicted octanol–water partition coefficient (Wildman–Crippen LogP) is 4.48. The predicted molar refractivity (Wildman–Crippen MR) is 166 cm³/mol. The highest BCUT2D eigenvalue weighted by atomic mass is 32.2. The fraction of sp³-hybridized carbons (Fsp3) is 0.290. The second-order valence-electron chi connectivity index (χ2n) is 10.3. The summed E-state index contributed by atoms with van der Waals surface area (Å²) in [6.07, 6.45) is 3.06. The molecule has 0 radical (unpaired) electrons. The van der Waals surface area contributed by atoms with E-state index in [1.54, 1.807) is 42.5 Å². The molecular formula is C31H37N5O4S. The number of hydrogen-bond acceptors (Lipinski definition) is 6. The van der Waals surface area contributed by atoms with Crippen LogP contribution in [0.15, 0.2) is 72.8 Å². The molecule has 0 unspecified atom stereocenters. The van der Waals surface area contributed by atoms with Crippen LogP contribution in [0.3, 0.4) is 0 Å². The number of carbonyl (C=O) groups excluding carboxylic acids is 2. The minimum Gasteiger partial charge on any atom is -0.354 e. The third-order valence-electron chi connectivity index (χ3n) is 6.73. The summed E-state index contributed by atoms with van der Waals surface area (Å²) in [5.41, 5.74) is 4.75. The summed E-state index contributed by atoms with van der Waals surface area (Å²) < 4.78 is 26.3. The number of unbranched alkanes of at least 4 members (excludes halogenated alkanes) is 1. The van der Waals surface area contributed by atoms with Crippen molar-refractivity contribution in [2.75, 3.05) is 54.9 Å². The van der Waals surface area contributed by atoms with Gasteiger partial charge in [0.05, 0.1) is 23.2 Å². The number of nitrogens with zero attached hydrogens (tertiary/aromatic N) is 2. The smallest absolute Gasteiger partial charge is 0.258 e. The van der Waals surface area contributed by atoms with Crippen LogP contribution in [0.5, 0.6) is 0 Å². The highest BCUT2D eigenvalue weighted by molar-refractivity contribution is 7.92. The Labute approximate surface area is 242 Å². The lowest BCUT2D eigenvalue weighted by Gasteiger charge is -2.24. The van der Waals surface area contributed by atoms with Gasteiger partial charge in [0, 0.05) is 42.1 Å². The Morgan fingerprint density at radius 1 is 0.927 bits per heavy atom. The highest BCUT2D eigenvalue weighted by Gasteiger charge is 2.29. The van der Waals surface area contributed by atoms with Gasteiger partial charge < -0.3 is 20.9 Å². The molecule has 1 aliphatic rings. The molecule has 0 aliphatic carbocycles. The number of carbonyl (C=O) groups is 2. The van der Waals surface area contributed by atoms with Gasteiger partial charge in [-0.05, 0) is 68.5 Å². The normalized spacial score (nSPS) is 13.9. The Morgan fingerprint density at radius 3 is 2.27 bits per heavy atom. The van der Waals surface area contributed by atoms with Crippen molar-refractivity contribution in [2.24, 2.45) is 0 Å². The van der Waals surface area contributed by atoms with Gasteiger partial charge in [-0.15, -0.1) is 0 Å². The first-order valence-electron chi connectivity index (χ1n) is 13.6. The lowest BCUT2D eigenvalue weighted by Crippen LogP contribution is -2.35. The Bertz CT molecular complexity index is 1530. The molecule has 0 saturated heterocycles. The van der Waals surface area contributed by atoms with E-state index in [0.717, 1.165) is 18.4 Å². The summed E-state index contributed by atoms with van der Waals surface area (Å²) in [5, 5.41) is 9.25. The summed E-state index contributed by atoms with van der Waals surface area (Å²) in [6, 6.07) is 21.8. The van der Waals surface area contributed by atoms with Gasteiger partial charge in [-0.1, -0.05) is 43.7 Å². The number of rotatable bonds is 12. The number of benzene rings is 3. The molecule has 0 fully saturated rings. The van der Waals surface area contributed by atoms with Crippen LogP contribution >= 0.6 is 0 Å². The molecule has 3 aromatic rings. The third kappa shape index (κ3) is 7.33. The van der Waals surface area contributed by atoms with Crippen molar-refractivity contribution in [1.82, 2.24) is 10.2 Å². The molecule has 0 aromatic heterocycles. The maximum Gasteiger partial charge on any atom is 0.258 e. The van der Waals surface area contributed by atoms with E-state index in [0.29, 0.717) is 59.1 Å². The largest absolute Gasteiger partial charge is 0.354 e. The van der Waals surface area contributed by atoms with E-state index >= 15 is 0 Å². The van der Waals surface area contributed by atoms with Crippen molar-refractivity contribution in [1.29, 1.82) is 0 Å². The maximum atomic E-state index is 13.3. The number of hydrogen-bond donors (Lipinski definition) is 3. The molecule has 1 aliphatic heterocycles. The van der Waals surface area contributed by atoms with E-state index < -0.39 is 10.0 Å². The average Bonchev–Trinajstić information content (AvgIpc) is 3.27. The van der Waals surface area contributed by atoms with Gasteiger partial charge in [-0.3, -0.25) is 13.9 Å². The molecule has 9 nitrogen and oxygen atoms in total. The van der Waals surface area contributed by atoms with Crippen LogP contribution in [0.1, 0.15) is 41.3 Å². The van der Waals surface area contributed by atoms with Gasteiger partial charge in [0.1, 0.15) is 0 Å². The van der Waals surface area contributed by atoms with Gasteiger partial charge in [-0.25, -0.2) is 8.42 Å². The Balaban J connectivity index is 1.72. The number of anilines is 3. The number of nitrogens with one attached hydrogen (secondary N) is 3. The van der Waals surface area contributed by atoms with Crippen molar-refractivity contribution in [3.63, 3.8) is 0 Å². The van der Waals surface area contributed by atoms with Crippen molar-refractivity contribution >= 4 is 50.2 Å². The summed E-state index contributed by atoms with van der Waals surface area (Å²) >= 11 is 0. The van der Waals surface area contributed by atoms with Crippen LogP contribution in [-0.2, 0) is 14.8 Å². The van der Waals surface area contributed by atoms with E-state index in [1.807, 2.05) is 49.3 Å². The number of fused-ring (bicyclic) bond motifs is 1. The van der Waals surface area contributed by atoms with Crippen molar-refractivity contribution < 1.29 is 18.0 Å². The minimum atomic E-state index is -3.47. The molecule has 3 N–H and O–H groups in total. The molecule has 0 bridgehead atoms. The third-order valence-corrected chi connectivity index (χ3v) is 7.92. The van der Waals surface area contributed by atoms with Gasteiger partial charge >= 0.3 is 0 Å². The zero-order chi connectivity index (χ0) is 29.6. The van der Waals surface area contributed by atoms with Crippen LogP contribution in [0, 0.1) is 0 Å².